The molecule has 1 N–H and O–H groups in total. The Bertz CT molecular complexity index is 729. The lowest BCUT2D eigenvalue weighted by atomic mass is 9.78. The lowest BCUT2D eigenvalue weighted by molar-refractivity contribution is 0.384. The van der Waals surface area contributed by atoms with Gasteiger partial charge in [0.1, 0.15) is 0 Å². The maximum atomic E-state index is 13.8. The summed E-state index contributed by atoms with van der Waals surface area (Å²) in [5.74, 6) is -10.2. The van der Waals surface area contributed by atoms with Gasteiger partial charge in [-0.25, -0.2) is 22.0 Å². The predicted molar refractivity (Wildman–Crippen MR) is 81.7 cm³/mol. The minimum Gasteiger partial charge on any atom is -0.410 e. The molecule has 0 bridgehead atoms. The fourth-order valence-corrected chi connectivity index (χ4v) is 2.75. The highest BCUT2D eigenvalue weighted by atomic mass is 35.5. The molecule has 0 aliphatic heterocycles. The van der Waals surface area contributed by atoms with E-state index in [0.717, 1.165) is 16.7 Å². The zero-order valence-electron chi connectivity index (χ0n) is 12.5. The van der Waals surface area contributed by atoms with Gasteiger partial charge in [-0.15, -0.1) is 0 Å². The van der Waals surface area contributed by atoms with Crippen molar-refractivity contribution in [2.75, 3.05) is 5.23 Å². The van der Waals surface area contributed by atoms with E-state index in [0.29, 0.717) is 5.69 Å². The van der Waals surface area contributed by atoms with Gasteiger partial charge in [-0.3, -0.25) is 0 Å². The first-order valence-corrected chi connectivity index (χ1v) is 7.08. The van der Waals surface area contributed by atoms with E-state index in [1.165, 1.54) is 0 Å². The minimum atomic E-state index is -2.21. The van der Waals surface area contributed by atoms with Gasteiger partial charge in [-0.1, -0.05) is 17.7 Å². The van der Waals surface area contributed by atoms with Crippen LogP contribution in [0.25, 0.3) is 0 Å². The Morgan fingerprint density at radius 3 is 1.61 bits per heavy atom. The van der Waals surface area contributed by atoms with E-state index in [9.17, 15) is 22.0 Å². The second kappa shape index (κ2) is 6.39. The third-order valence-electron chi connectivity index (χ3n) is 3.45. The fraction of sp³-hybridized carbons (Fsp3) is 0.200. The monoisotopic (exact) mass is 347 g/mol. The Labute approximate surface area is 135 Å². The van der Waals surface area contributed by atoms with Gasteiger partial charge in [0.2, 0.25) is 0 Å². The summed E-state index contributed by atoms with van der Waals surface area (Å²) < 4.78 is 67.2. The van der Waals surface area contributed by atoms with Crippen LogP contribution >= 0.6 is 11.5 Å². The van der Waals surface area contributed by atoms with E-state index in [2.05, 4.69) is 5.23 Å². The van der Waals surface area contributed by atoms with E-state index < -0.39 is 40.8 Å². The summed E-state index contributed by atoms with van der Waals surface area (Å²) >= 11 is 5.88. The molecule has 8 heteroatoms. The van der Waals surface area contributed by atoms with Crippen LogP contribution < -0.4 is 10.7 Å². The summed E-state index contributed by atoms with van der Waals surface area (Å²) in [6.07, 6.45) is -1.63. The van der Waals surface area contributed by atoms with Crippen LogP contribution in [0.15, 0.2) is 12.1 Å². The van der Waals surface area contributed by atoms with Crippen LogP contribution in [0, 0.1) is 49.9 Å². The zero-order valence-corrected chi connectivity index (χ0v) is 13.3. The van der Waals surface area contributed by atoms with Gasteiger partial charge in [0, 0.05) is 11.2 Å². The maximum absolute atomic E-state index is 13.8. The first kappa shape index (κ1) is 17.6. The van der Waals surface area contributed by atoms with Crippen molar-refractivity contribution >= 4 is 28.9 Å². The van der Waals surface area contributed by atoms with Crippen LogP contribution in [0.5, 0.6) is 0 Å². The number of rotatable bonds is 3. The number of anilines is 1. The van der Waals surface area contributed by atoms with Gasteiger partial charge in [0.15, 0.2) is 29.1 Å². The first-order chi connectivity index (χ1) is 10.6. The van der Waals surface area contributed by atoms with Crippen molar-refractivity contribution in [1.29, 1.82) is 0 Å². The second-order valence-corrected chi connectivity index (χ2v) is 5.70. The van der Waals surface area contributed by atoms with Crippen LogP contribution in [0.4, 0.5) is 27.6 Å². The Balaban J connectivity index is 2.49. The number of benzene rings is 2. The van der Waals surface area contributed by atoms with E-state index in [4.69, 9.17) is 11.5 Å². The van der Waals surface area contributed by atoms with Crippen LogP contribution in [0.2, 0.25) is 0 Å². The van der Waals surface area contributed by atoms with Crippen molar-refractivity contribution in [3.8, 4) is 0 Å². The maximum Gasteiger partial charge on any atom is 0.398 e. The van der Waals surface area contributed by atoms with Gasteiger partial charge in [-0.2, -0.15) is 11.5 Å². The average molecular weight is 348 g/mol. The molecule has 0 radical (unpaired) electrons. The molecule has 0 fully saturated rings. The SMILES string of the molecule is Cc1cc(C)c(NB(Cl)c2c(F)c(F)c(F)c(F)c2F)c(C)c1. The molecule has 0 spiro atoms. The van der Waals surface area contributed by atoms with Gasteiger partial charge in [0.05, 0.1) is 0 Å². The summed E-state index contributed by atoms with van der Waals surface area (Å²) in [5, 5.41) is 2.61. The fourth-order valence-electron chi connectivity index (χ4n) is 2.45. The Morgan fingerprint density at radius 1 is 0.783 bits per heavy atom. The molecule has 0 amide bonds. The highest BCUT2D eigenvalue weighted by molar-refractivity contribution is 7.16. The van der Waals surface area contributed by atoms with Gasteiger partial charge in [0.25, 0.3) is 0 Å². The Morgan fingerprint density at radius 2 is 1.17 bits per heavy atom. The third kappa shape index (κ3) is 3.15. The summed E-state index contributed by atoms with van der Waals surface area (Å²) in [7, 11) is 0. The van der Waals surface area contributed by atoms with Crippen molar-refractivity contribution in [3.05, 3.63) is 57.9 Å². The molecule has 0 aromatic heterocycles. The summed E-state index contributed by atoms with van der Waals surface area (Å²) in [4.78, 5) is 0. The highest BCUT2D eigenvalue weighted by Crippen LogP contribution is 2.24. The van der Waals surface area contributed by atoms with Crippen LogP contribution in [0.3, 0.4) is 0 Å². The molecule has 2 aromatic carbocycles. The standard InChI is InChI=1S/C15H12BClF5N/c1-6-4-7(2)15(8(3)5-6)23-16(17)9-10(18)12(20)14(22)13(21)11(9)19/h4-5,23H,1-3H3. The predicted octanol–water partition coefficient (Wildman–Crippen LogP) is 4.35. The van der Waals surface area contributed by atoms with E-state index >= 15 is 0 Å². The molecule has 0 saturated heterocycles. The lowest BCUT2D eigenvalue weighted by Crippen LogP contribution is -2.40. The normalized spacial score (nSPS) is 10.8. The highest BCUT2D eigenvalue weighted by Gasteiger charge is 2.32. The zero-order chi connectivity index (χ0) is 17.5. The molecule has 23 heavy (non-hydrogen) atoms. The number of hydrogen-bond donors (Lipinski definition) is 1. The smallest absolute Gasteiger partial charge is 0.398 e. The molecule has 0 heterocycles. The molecular weight excluding hydrogens is 335 g/mol. The van der Waals surface area contributed by atoms with Gasteiger partial charge >= 0.3 is 6.26 Å². The van der Waals surface area contributed by atoms with Crippen LogP contribution in [-0.4, -0.2) is 6.26 Å². The van der Waals surface area contributed by atoms with Crippen LogP contribution in [-0.2, 0) is 0 Å². The molecule has 0 atom stereocenters. The van der Waals surface area contributed by atoms with Crippen molar-refractivity contribution < 1.29 is 22.0 Å². The average Bonchev–Trinajstić information content (AvgIpc) is 2.47. The largest absolute Gasteiger partial charge is 0.410 e. The third-order valence-corrected chi connectivity index (χ3v) is 3.77. The van der Waals surface area contributed by atoms with Gasteiger partial charge in [-0.05, 0) is 31.9 Å². The molecule has 0 saturated carbocycles. The Kier molecular flexibility index (Phi) is 4.89. The van der Waals surface area contributed by atoms with Gasteiger partial charge < -0.3 is 5.23 Å². The number of hydrogen-bond acceptors (Lipinski definition) is 1. The molecule has 0 aliphatic rings. The topological polar surface area (TPSA) is 12.0 Å². The number of nitrogens with one attached hydrogen (secondary N) is 1. The molecular formula is C15H12BClF5N. The van der Waals surface area contributed by atoms with Crippen LogP contribution in [0.1, 0.15) is 16.7 Å². The number of halogens is 6. The van der Waals surface area contributed by atoms with Crippen molar-refractivity contribution in [3.63, 3.8) is 0 Å². The van der Waals surface area contributed by atoms with Crippen molar-refractivity contribution in [2.45, 2.75) is 20.8 Å². The van der Waals surface area contributed by atoms with Crippen molar-refractivity contribution in [2.24, 2.45) is 0 Å². The molecule has 1 nitrogen and oxygen atoms in total. The quantitative estimate of drug-likeness (QED) is 0.377. The lowest BCUT2D eigenvalue weighted by Gasteiger charge is -2.17. The van der Waals surface area contributed by atoms with E-state index in [1.807, 2.05) is 6.92 Å². The second-order valence-electron chi connectivity index (χ2n) is 5.26. The molecule has 0 aliphatic carbocycles. The van der Waals surface area contributed by atoms with Crippen molar-refractivity contribution in [1.82, 2.24) is 0 Å². The Hall–Kier alpha value is -1.76. The molecule has 0 unspecified atom stereocenters. The van der Waals surface area contributed by atoms with E-state index in [-0.39, 0.29) is 0 Å². The molecule has 122 valence electrons. The summed E-state index contributed by atoms with van der Waals surface area (Å²) in [6, 6.07) is 3.61. The number of aryl methyl sites for hydroxylation is 3. The minimum absolute atomic E-state index is 0.472. The molecule has 2 aromatic rings. The van der Waals surface area contributed by atoms with E-state index in [1.54, 1.807) is 26.0 Å². The first-order valence-electron chi connectivity index (χ1n) is 6.65. The summed E-state index contributed by atoms with van der Waals surface area (Å²) in [5.41, 5.74) is 1.80. The molecule has 2 rings (SSSR count). The summed E-state index contributed by atoms with van der Waals surface area (Å²) in [6.45, 7) is 5.35.